The maximum atomic E-state index is 14.8. The second-order valence-corrected chi connectivity index (χ2v) is 11.0. The fraction of sp³-hybridized carbons (Fsp3) is 0.385. The predicted octanol–water partition coefficient (Wildman–Crippen LogP) is 3.85. The van der Waals surface area contributed by atoms with E-state index < -0.39 is 35.9 Å². The molecule has 0 spiro atoms. The van der Waals surface area contributed by atoms with Crippen LogP contribution in [0, 0.1) is 21.2 Å². The van der Waals surface area contributed by atoms with Gasteiger partial charge in [-0.15, -0.1) is 0 Å². The molecule has 5 rings (SSSR count). The third-order valence-corrected chi connectivity index (χ3v) is 7.87. The Labute approximate surface area is 227 Å². The van der Waals surface area contributed by atoms with Gasteiger partial charge in [0.05, 0.1) is 23.6 Å². The maximum absolute atomic E-state index is 14.8. The summed E-state index contributed by atoms with van der Waals surface area (Å²) in [5.74, 6) is -2.95. The van der Waals surface area contributed by atoms with Crippen LogP contribution in [0.2, 0.25) is 0 Å². The number of imide groups is 1. The molecule has 1 saturated carbocycles. The number of urea groups is 1. The normalized spacial score (nSPS) is 25.8. The molecule has 1 aliphatic carbocycles. The van der Waals surface area contributed by atoms with Crippen LogP contribution in [-0.4, -0.2) is 58.8 Å². The van der Waals surface area contributed by atoms with Gasteiger partial charge in [0.2, 0.25) is 17.7 Å². The summed E-state index contributed by atoms with van der Waals surface area (Å²) in [4.78, 5) is 57.1. The highest BCUT2D eigenvalue weighted by Gasteiger charge is 2.60. The second kappa shape index (κ2) is 9.58. The topological polar surface area (TPSA) is 102 Å². The van der Waals surface area contributed by atoms with Crippen LogP contribution < -0.4 is 15.5 Å². The number of nitrogens with zero attached hydrogens (tertiary/aromatic N) is 3. The number of hydrogen-bond donors (Lipinski definition) is 2. The Balaban J connectivity index is 1.61. The molecule has 4 atom stereocenters. The lowest BCUT2D eigenvalue weighted by Crippen LogP contribution is -2.73. The lowest BCUT2D eigenvalue weighted by Gasteiger charge is -2.54. The Hall–Kier alpha value is -3.22. The number of rotatable bonds is 5. The van der Waals surface area contributed by atoms with Crippen LogP contribution in [0.3, 0.4) is 0 Å². The van der Waals surface area contributed by atoms with E-state index in [2.05, 4.69) is 10.6 Å². The van der Waals surface area contributed by atoms with Gasteiger partial charge in [0.15, 0.2) is 0 Å². The van der Waals surface area contributed by atoms with Gasteiger partial charge >= 0.3 is 6.03 Å². The van der Waals surface area contributed by atoms with Gasteiger partial charge < -0.3 is 15.5 Å². The molecule has 194 valence electrons. The summed E-state index contributed by atoms with van der Waals surface area (Å²) >= 11 is 2.01. The first-order valence-electron chi connectivity index (χ1n) is 12.1. The monoisotopic (exact) mass is 619 g/mol. The summed E-state index contributed by atoms with van der Waals surface area (Å²) in [6.07, 6.45) is 0.539. The van der Waals surface area contributed by atoms with Gasteiger partial charge in [-0.1, -0.05) is 13.0 Å². The molecule has 3 fully saturated rings. The first kappa shape index (κ1) is 25.4. The maximum Gasteiger partial charge on any atom is 0.331 e. The number of benzene rings is 2. The zero-order valence-corrected chi connectivity index (χ0v) is 22.7. The molecule has 0 aromatic heterocycles. The average Bonchev–Trinajstić information content (AvgIpc) is 3.67. The van der Waals surface area contributed by atoms with Crippen LogP contribution in [-0.2, 0) is 14.4 Å². The molecule has 11 heteroatoms. The Morgan fingerprint density at radius 2 is 1.78 bits per heavy atom. The minimum Gasteiger partial charge on any atom is -0.362 e. The molecule has 2 aromatic carbocycles. The lowest BCUT2D eigenvalue weighted by molar-refractivity contribution is -0.151. The van der Waals surface area contributed by atoms with E-state index in [0.29, 0.717) is 27.8 Å². The molecule has 2 saturated heterocycles. The SMILES string of the molecule is CC(=O)Nc1cccc(N2C(=O)N(C3CC3)C(=O)C3C(Nc4ccc(I)cc4F)N(C)C(=O)C(C)C32)c1. The van der Waals surface area contributed by atoms with Crippen LogP contribution in [0.25, 0.3) is 0 Å². The average molecular weight is 619 g/mol. The molecule has 37 heavy (non-hydrogen) atoms. The minimum absolute atomic E-state index is 0.167. The van der Waals surface area contributed by atoms with Crippen LogP contribution in [0.4, 0.5) is 26.2 Å². The zero-order valence-electron chi connectivity index (χ0n) is 20.6. The third-order valence-electron chi connectivity index (χ3n) is 7.20. The number of carbonyl (C=O) groups is 4. The molecular formula is C26H27FIN5O4. The van der Waals surface area contributed by atoms with E-state index >= 15 is 0 Å². The van der Waals surface area contributed by atoms with Gasteiger partial charge in [-0.3, -0.25) is 24.2 Å². The predicted molar refractivity (Wildman–Crippen MR) is 144 cm³/mol. The number of amides is 5. The van der Waals surface area contributed by atoms with Gasteiger partial charge in [0.25, 0.3) is 0 Å². The van der Waals surface area contributed by atoms with Crippen LogP contribution >= 0.6 is 22.6 Å². The van der Waals surface area contributed by atoms with Gasteiger partial charge in [-0.25, -0.2) is 9.18 Å². The number of hydrogen-bond acceptors (Lipinski definition) is 5. The fourth-order valence-corrected chi connectivity index (χ4v) is 5.80. The smallest absolute Gasteiger partial charge is 0.331 e. The van der Waals surface area contributed by atoms with E-state index in [4.69, 9.17) is 0 Å². The van der Waals surface area contributed by atoms with Gasteiger partial charge in [-0.05, 0) is 71.8 Å². The highest BCUT2D eigenvalue weighted by atomic mass is 127. The summed E-state index contributed by atoms with van der Waals surface area (Å²) in [7, 11) is 1.59. The molecular weight excluding hydrogens is 592 g/mol. The molecule has 0 radical (unpaired) electrons. The van der Waals surface area contributed by atoms with Crippen molar-refractivity contribution in [2.24, 2.45) is 11.8 Å². The summed E-state index contributed by atoms with van der Waals surface area (Å²) in [5, 5.41) is 5.81. The summed E-state index contributed by atoms with van der Waals surface area (Å²) in [6, 6.07) is 9.96. The van der Waals surface area contributed by atoms with E-state index in [-0.39, 0.29) is 29.5 Å². The van der Waals surface area contributed by atoms with Crippen molar-refractivity contribution >= 4 is 63.4 Å². The van der Waals surface area contributed by atoms with Crippen molar-refractivity contribution in [2.75, 3.05) is 22.6 Å². The van der Waals surface area contributed by atoms with Crippen molar-refractivity contribution in [3.63, 3.8) is 0 Å². The van der Waals surface area contributed by atoms with Crippen LogP contribution in [0.5, 0.6) is 0 Å². The lowest BCUT2D eigenvalue weighted by atomic mass is 9.78. The highest BCUT2D eigenvalue weighted by Crippen LogP contribution is 2.43. The molecule has 0 bridgehead atoms. The number of carbonyl (C=O) groups excluding carboxylic acids is 4. The Kier molecular flexibility index (Phi) is 6.59. The minimum atomic E-state index is -0.883. The van der Waals surface area contributed by atoms with Crippen molar-refractivity contribution < 1.29 is 23.6 Å². The van der Waals surface area contributed by atoms with Crippen LogP contribution in [0.15, 0.2) is 42.5 Å². The highest BCUT2D eigenvalue weighted by molar-refractivity contribution is 14.1. The van der Waals surface area contributed by atoms with Crippen molar-refractivity contribution in [3.05, 3.63) is 51.9 Å². The zero-order chi connectivity index (χ0) is 26.6. The van der Waals surface area contributed by atoms with E-state index in [0.717, 1.165) is 0 Å². The van der Waals surface area contributed by atoms with Crippen molar-refractivity contribution in [1.82, 2.24) is 9.80 Å². The van der Waals surface area contributed by atoms with Gasteiger partial charge in [0.1, 0.15) is 12.0 Å². The van der Waals surface area contributed by atoms with Crippen molar-refractivity contribution in [3.8, 4) is 0 Å². The molecule has 2 heterocycles. The number of fused-ring (bicyclic) bond motifs is 1. The molecule has 2 N–H and O–H groups in total. The number of halogens is 2. The standard InChI is InChI=1S/C26H27FIN5O4/c1-13-22-21(23(31(3)24(13)35)30-20-10-7-15(28)11-19(20)27)25(36)33(17-8-9-17)26(37)32(22)18-6-4-5-16(12-18)29-14(2)34/h4-7,10-13,17,21-23,30H,8-9H2,1-3H3,(H,29,34). The second-order valence-electron chi connectivity index (χ2n) is 9.79. The van der Waals surface area contributed by atoms with Gasteiger partial charge in [-0.2, -0.15) is 0 Å². The van der Waals surface area contributed by atoms with E-state index in [1.165, 1.54) is 27.7 Å². The van der Waals surface area contributed by atoms with Crippen molar-refractivity contribution in [2.45, 2.75) is 44.9 Å². The first-order valence-corrected chi connectivity index (χ1v) is 13.2. The van der Waals surface area contributed by atoms with E-state index in [1.807, 2.05) is 22.6 Å². The molecule has 4 unspecified atom stereocenters. The summed E-state index contributed by atoms with van der Waals surface area (Å²) in [6.45, 7) is 3.09. The summed E-state index contributed by atoms with van der Waals surface area (Å²) < 4.78 is 15.5. The third kappa shape index (κ3) is 4.53. The Bertz CT molecular complexity index is 1300. The quantitative estimate of drug-likeness (QED) is 0.496. The molecule has 3 aliphatic rings. The molecule has 5 amide bonds. The molecule has 2 aromatic rings. The molecule has 2 aliphatic heterocycles. The largest absolute Gasteiger partial charge is 0.362 e. The number of nitrogens with one attached hydrogen (secondary N) is 2. The summed E-state index contributed by atoms with van der Waals surface area (Å²) in [5.41, 5.74) is 1.12. The van der Waals surface area contributed by atoms with E-state index in [9.17, 15) is 23.6 Å². The number of anilines is 3. The van der Waals surface area contributed by atoms with Crippen molar-refractivity contribution in [1.29, 1.82) is 0 Å². The molecule has 9 nitrogen and oxygen atoms in total. The Morgan fingerprint density at radius 3 is 2.43 bits per heavy atom. The van der Waals surface area contributed by atoms with Gasteiger partial charge in [0, 0.05) is 35.0 Å². The first-order chi connectivity index (χ1) is 17.6. The van der Waals surface area contributed by atoms with E-state index in [1.54, 1.807) is 50.4 Å². The number of likely N-dealkylation sites (tertiary alicyclic amines) is 1. The number of piperidine rings is 1. The fourth-order valence-electron chi connectivity index (χ4n) is 5.35. The van der Waals surface area contributed by atoms with Crippen LogP contribution in [0.1, 0.15) is 26.7 Å². The Morgan fingerprint density at radius 1 is 1.05 bits per heavy atom.